The van der Waals surface area contributed by atoms with E-state index in [0.29, 0.717) is 29.8 Å². The molecule has 7 nitrogen and oxygen atoms in total. The van der Waals surface area contributed by atoms with Crippen LogP contribution < -0.4 is 10.6 Å². The molecule has 3 rings (SSSR count). The largest absolute Gasteiger partial charge is 0.444 e. The van der Waals surface area contributed by atoms with Crippen LogP contribution in [0.5, 0.6) is 0 Å². The van der Waals surface area contributed by atoms with Gasteiger partial charge >= 0.3 is 0 Å². The van der Waals surface area contributed by atoms with Gasteiger partial charge in [0.25, 0.3) is 0 Å². The van der Waals surface area contributed by atoms with Crippen LogP contribution in [0.25, 0.3) is 11.5 Å². The van der Waals surface area contributed by atoms with E-state index >= 15 is 0 Å². The van der Waals surface area contributed by atoms with Gasteiger partial charge < -0.3 is 15.1 Å². The van der Waals surface area contributed by atoms with Gasteiger partial charge in [-0.05, 0) is 36.2 Å². The molecule has 3 aromatic rings. The van der Waals surface area contributed by atoms with Crippen molar-refractivity contribution in [1.82, 2.24) is 15.6 Å². The summed E-state index contributed by atoms with van der Waals surface area (Å²) in [7, 11) is -1.53. The van der Waals surface area contributed by atoms with Crippen LogP contribution in [0, 0.1) is 6.92 Å². The summed E-state index contributed by atoms with van der Waals surface area (Å²) >= 11 is 0. The number of hydrogen-bond acceptors (Lipinski definition) is 5. The molecule has 1 aromatic heterocycles. The first-order chi connectivity index (χ1) is 13.9. The van der Waals surface area contributed by atoms with Gasteiger partial charge in [0, 0.05) is 25.4 Å². The molecule has 0 aliphatic rings. The van der Waals surface area contributed by atoms with E-state index in [4.69, 9.17) is 4.42 Å². The minimum absolute atomic E-state index is 0.351. The zero-order chi connectivity index (χ0) is 20.9. The highest BCUT2D eigenvalue weighted by atomic mass is 32.2. The highest BCUT2D eigenvalue weighted by molar-refractivity contribution is 7.90. The average molecular weight is 413 g/mol. The number of nitrogens with zero attached hydrogens (tertiary/aromatic N) is 2. The first kappa shape index (κ1) is 20.6. The van der Waals surface area contributed by atoms with Gasteiger partial charge in [-0.15, -0.1) is 0 Å². The standard InChI is InChI=1S/C21H24N4O3S/c1-15-11-16(9-10-19(15)29(3,26)27)12-23-21(22-2)24-13-18-14-28-20(25-18)17-7-5-4-6-8-17/h4-11,14H,12-13H2,1-3H3,(H2,22,23,24). The fourth-order valence-corrected chi connectivity index (χ4v) is 3.88. The monoisotopic (exact) mass is 412 g/mol. The third-order valence-electron chi connectivity index (χ3n) is 4.33. The van der Waals surface area contributed by atoms with Gasteiger partial charge in [-0.1, -0.05) is 30.3 Å². The van der Waals surface area contributed by atoms with Gasteiger partial charge in [0.05, 0.1) is 17.1 Å². The number of hydrogen-bond donors (Lipinski definition) is 2. The number of benzene rings is 2. The van der Waals surface area contributed by atoms with Crippen molar-refractivity contribution < 1.29 is 12.8 Å². The van der Waals surface area contributed by atoms with E-state index in [2.05, 4.69) is 20.6 Å². The molecule has 152 valence electrons. The molecule has 2 N–H and O–H groups in total. The molecule has 0 aliphatic heterocycles. The summed E-state index contributed by atoms with van der Waals surface area (Å²) in [6.07, 6.45) is 2.84. The number of nitrogens with one attached hydrogen (secondary N) is 2. The summed E-state index contributed by atoms with van der Waals surface area (Å²) in [5, 5.41) is 6.40. The number of aryl methyl sites for hydroxylation is 1. The van der Waals surface area contributed by atoms with Crippen molar-refractivity contribution in [3.8, 4) is 11.5 Å². The van der Waals surface area contributed by atoms with Gasteiger partial charge in [-0.2, -0.15) is 0 Å². The quantitative estimate of drug-likeness (QED) is 0.477. The average Bonchev–Trinajstić information content (AvgIpc) is 3.17. The zero-order valence-electron chi connectivity index (χ0n) is 16.6. The molecular weight excluding hydrogens is 388 g/mol. The Morgan fingerprint density at radius 1 is 1.10 bits per heavy atom. The molecule has 0 amide bonds. The SMILES string of the molecule is CN=C(NCc1ccc(S(C)(=O)=O)c(C)c1)NCc1coc(-c2ccccc2)n1. The minimum atomic E-state index is -3.22. The number of sulfone groups is 1. The second-order valence-corrected chi connectivity index (χ2v) is 8.65. The van der Waals surface area contributed by atoms with Gasteiger partial charge in [-0.25, -0.2) is 13.4 Å². The Morgan fingerprint density at radius 3 is 2.48 bits per heavy atom. The Labute approximate surface area is 170 Å². The van der Waals surface area contributed by atoms with Crippen LogP contribution in [0.4, 0.5) is 0 Å². The Hall–Kier alpha value is -3.13. The van der Waals surface area contributed by atoms with E-state index in [1.807, 2.05) is 36.4 Å². The number of aromatic nitrogens is 1. The van der Waals surface area contributed by atoms with Crippen LogP contribution in [0.3, 0.4) is 0 Å². The number of aliphatic imine (C=N–C) groups is 1. The normalized spacial score (nSPS) is 12.0. The molecular formula is C21H24N4O3S. The number of rotatable bonds is 6. The molecule has 0 unspecified atom stereocenters. The summed E-state index contributed by atoms with van der Waals surface area (Å²) in [5.74, 6) is 1.19. The molecule has 29 heavy (non-hydrogen) atoms. The highest BCUT2D eigenvalue weighted by Gasteiger charge is 2.11. The van der Waals surface area contributed by atoms with Gasteiger partial charge in [0.1, 0.15) is 6.26 Å². The summed E-state index contributed by atoms with van der Waals surface area (Å²) < 4.78 is 29.0. The van der Waals surface area contributed by atoms with Crippen molar-refractivity contribution in [3.05, 3.63) is 71.6 Å². The van der Waals surface area contributed by atoms with E-state index in [9.17, 15) is 8.42 Å². The molecule has 0 bridgehead atoms. The zero-order valence-corrected chi connectivity index (χ0v) is 17.5. The number of guanidine groups is 1. The molecule has 2 aromatic carbocycles. The first-order valence-corrected chi connectivity index (χ1v) is 11.0. The predicted molar refractivity (Wildman–Crippen MR) is 113 cm³/mol. The Bertz CT molecular complexity index is 1110. The third kappa shape index (κ3) is 5.45. The maximum absolute atomic E-state index is 11.7. The van der Waals surface area contributed by atoms with Crippen LogP contribution >= 0.6 is 0 Å². The van der Waals surface area contributed by atoms with Crippen molar-refractivity contribution in [2.24, 2.45) is 4.99 Å². The molecule has 0 fully saturated rings. The molecule has 0 aliphatic carbocycles. The second-order valence-electron chi connectivity index (χ2n) is 6.66. The summed E-state index contributed by atoms with van der Waals surface area (Å²) in [5.41, 5.74) is 3.38. The molecule has 0 saturated heterocycles. The summed E-state index contributed by atoms with van der Waals surface area (Å²) in [6, 6.07) is 15.0. The van der Waals surface area contributed by atoms with Crippen molar-refractivity contribution in [2.45, 2.75) is 24.9 Å². The van der Waals surface area contributed by atoms with Crippen LogP contribution in [0.1, 0.15) is 16.8 Å². The lowest BCUT2D eigenvalue weighted by molar-refractivity contribution is 0.572. The molecule has 0 saturated carbocycles. The fraction of sp³-hybridized carbons (Fsp3) is 0.238. The van der Waals surface area contributed by atoms with Crippen molar-refractivity contribution >= 4 is 15.8 Å². The lowest BCUT2D eigenvalue weighted by Crippen LogP contribution is -2.36. The van der Waals surface area contributed by atoms with Crippen molar-refractivity contribution in [2.75, 3.05) is 13.3 Å². The number of oxazole rings is 1. The lowest BCUT2D eigenvalue weighted by atomic mass is 10.1. The predicted octanol–water partition coefficient (Wildman–Crippen LogP) is 2.92. The van der Waals surface area contributed by atoms with E-state index in [1.54, 1.807) is 32.4 Å². The molecule has 8 heteroatoms. The van der Waals surface area contributed by atoms with Crippen LogP contribution in [-0.4, -0.2) is 32.7 Å². The Balaban J connectivity index is 1.57. The fourth-order valence-electron chi connectivity index (χ4n) is 2.92. The maximum atomic E-state index is 11.7. The van der Waals surface area contributed by atoms with Crippen LogP contribution in [0.2, 0.25) is 0 Å². The maximum Gasteiger partial charge on any atom is 0.226 e. The topological polar surface area (TPSA) is 96.6 Å². The van der Waals surface area contributed by atoms with E-state index in [-0.39, 0.29) is 0 Å². The van der Waals surface area contributed by atoms with Gasteiger partial charge in [0.2, 0.25) is 5.89 Å². The lowest BCUT2D eigenvalue weighted by Gasteiger charge is -2.12. The Kier molecular flexibility index (Phi) is 6.33. The first-order valence-electron chi connectivity index (χ1n) is 9.11. The minimum Gasteiger partial charge on any atom is -0.444 e. The highest BCUT2D eigenvalue weighted by Crippen LogP contribution is 2.18. The second kappa shape index (κ2) is 8.91. The van der Waals surface area contributed by atoms with Crippen LogP contribution in [0.15, 0.2) is 69.1 Å². The van der Waals surface area contributed by atoms with E-state index in [1.165, 1.54) is 6.26 Å². The smallest absolute Gasteiger partial charge is 0.226 e. The van der Waals surface area contributed by atoms with Gasteiger partial charge in [-0.3, -0.25) is 4.99 Å². The van der Waals surface area contributed by atoms with Gasteiger partial charge in [0.15, 0.2) is 15.8 Å². The summed E-state index contributed by atoms with van der Waals surface area (Å²) in [6.45, 7) is 2.77. The summed E-state index contributed by atoms with van der Waals surface area (Å²) in [4.78, 5) is 9.03. The molecule has 1 heterocycles. The molecule has 0 spiro atoms. The van der Waals surface area contributed by atoms with Crippen molar-refractivity contribution in [3.63, 3.8) is 0 Å². The van der Waals surface area contributed by atoms with E-state index < -0.39 is 9.84 Å². The molecule has 0 radical (unpaired) electrons. The third-order valence-corrected chi connectivity index (χ3v) is 5.59. The van der Waals surface area contributed by atoms with Crippen molar-refractivity contribution in [1.29, 1.82) is 0 Å². The Morgan fingerprint density at radius 2 is 1.83 bits per heavy atom. The molecule has 0 atom stereocenters. The van der Waals surface area contributed by atoms with Crippen LogP contribution in [-0.2, 0) is 22.9 Å². The van der Waals surface area contributed by atoms with E-state index in [0.717, 1.165) is 22.4 Å².